The number of nitrogens with one attached hydrogen (secondary N) is 14. The summed E-state index contributed by atoms with van der Waals surface area (Å²) in [6.45, 7) is 11.9. The van der Waals surface area contributed by atoms with Crippen molar-refractivity contribution in [1.82, 2.24) is 84.0 Å². The molecule has 2 rings (SSSR count). The number of H-pyrrole nitrogens is 1. The Morgan fingerprint density at radius 2 is 0.886 bits per heavy atom. The molecule has 0 spiro atoms. The third-order valence-corrected chi connectivity index (χ3v) is 19.0. The second kappa shape index (κ2) is 52.7. The summed E-state index contributed by atoms with van der Waals surface area (Å²) in [5.41, 5.74) is 40.3. The van der Waals surface area contributed by atoms with E-state index in [4.69, 9.17) is 40.1 Å². The maximum atomic E-state index is 14.6. The molecule has 14 atom stereocenters. The number of nitrogens with two attached hydrogens (primary N) is 7. The summed E-state index contributed by atoms with van der Waals surface area (Å²) in [6.07, 6.45) is 3.88. The zero-order valence-corrected chi connectivity index (χ0v) is 66.7. The van der Waals surface area contributed by atoms with E-state index in [1.807, 2.05) is 0 Å². The van der Waals surface area contributed by atoms with Gasteiger partial charge in [-0.2, -0.15) is 0 Å². The van der Waals surface area contributed by atoms with Crippen LogP contribution in [0, 0.1) is 23.7 Å². The normalized spacial score (nSPS) is 15.9. The van der Waals surface area contributed by atoms with E-state index in [9.17, 15) is 91.4 Å². The van der Waals surface area contributed by atoms with E-state index in [0.717, 1.165) is 0 Å². The van der Waals surface area contributed by atoms with Gasteiger partial charge in [-0.1, -0.05) is 68.2 Å². The number of hydrogen-bond acceptors (Lipinski definition) is 23. The van der Waals surface area contributed by atoms with Crippen molar-refractivity contribution in [3.8, 4) is 0 Å². The van der Waals surface area contributed by atoms with Crippen molar-refractivity contribution in [2.75, 3.05) is 45.8 Å². The molecule has 17 amide bonds. The molecule has 1 aromatic rings. The summed E-state index contributed by atoms with van der Waals surface area (Å²) in [7, 11) is 0. The van der Waals surface area contributed by atoms with Crippen LogP contribution in [0.2, 0.25) is 0 Å². The van der Waals surface area contributed by atoms with Crippen LogP contribution >= 0.6 is 0 Å². The summed E-state index contributed by atoms with van der Waals surface area (Å²) in [6, 6.07) is -16.6. The minimum atomic E-state index is -1.77. The maximum Gasteiger partial charge on any atom is 0.326 e. The van der Waals surface area contributed by atoms with Crippen LogP contribution in [-0.4, -0.2) is 245 Å². The Morgan fingerprint density at radius 1 is 0.482 bits per heavy atom. The Hall–Kier alpha value is -10.5. The van der Waals surface area contributed by atoms with E-state index in [1.54, 1.807) is 55.4 Å². The van der Waals surface area contributed by atoms with Gasteiger partial charge in [0, 0.05) is 37.7 Å². The molecule has 1 aliphatic rings. The van der Waals surface area contributed by atoms with Crippen molar-refractivity contribution in [1.29, 1.82) is 0 Å². The van der Waals surface area contributed by atoms with Gasteiger partial charge in [0.15, 0.2) is 0 Å². The number of unbranched alkanes of at least 4 members (excludes halogenated alkanes) is 3. The number of primary amides is 3. The average molecular weight is 1620 g/mol. The van der Waals surface area contributed by atoms with E-state index in [-0.39, 0.29) is 109 Å². The lowest BCUT2D eigenvalue weighted by molar-refractivity contribution is -0.143. The predicted octanol–water partition coefficient (Wildman–Crippen LogP) is -6.86. The average Bonchev–Trinajstić information content (AvgIpc) is 1.67. The number of hydrogen-bond donors (Lipinski definition) is 22. The lowest BCUT2D eigenvalue weighted by Gasteiger charge is -2.31. The number of aromatic nitrogens is 2. The van der Waals surface area contributed by atoms with Crippen LogP contribution in [-0.2, 0) is 92.7 Å². The van der Waals surface area contributed by atoms with E-state index in [0.29, 0.717) is 37.8 Å². The largest absolute Gasteiger partial charge is 0.480 e. The molecule has 1 fully saturated rings. The van der Waals surface area contributed by atoms with E-state index >= 15 is 0 Å². The molecule has 42 nitrogen and oxygen atoms in total. The van der Waals surface area contributed by atoms with Gasteiger partial charge in [0.25, 0.3) is 0 Å². The highest BCUT2D eigenvalue weighted by Crippen LogP contribution is 2.21. The highest BCUT2D eigenvalue weighted by Gasteiger charge is 2.41. The minimum Gasteiger partial charge on any atom is -0.480 e. The fourth-order valence-corrected chi connectivity index (χ4v) is 12.0. The molecule has 1 saturated heterocycles. The van der Waals surface area contributed by atoms with E-state index in [1.165, 1.54) is 17.4 Å². The van der Waals surface area contributed by atoms with Gasteiger partial charge in [0.05, 0.1) is 38.4 Å². The Balaban J connectivity index is 2.27. The molecule has 2 heterocycles. The molecule has 29 N–H and O–H groups in total. The van der Waals surface area contributed by atoms with E-state index < -0.39 is 236 Å². The van der Waals surface area contributed by atoms with Crippen LogP contribution in [0.5, 0.6) is 0 Å². The molecule has 0 aromatic carbocycles. The number of rotatable bonds is 57. The lowest BCUT2D eigenvalue weighted by atomic mass is 9.94. The molecule has 1 aromatic heterocycles. The zero-order valence-electron chi connectivity index (χ0n) is 66.7. The molecule has 0 bridgehead atoms. The molecular formula is C72H125N23O19. The van der Waals surface area contributed by atoms with Gasteiger partial charge < -0.3 is 124 Å². The fraction of sp³-hybridized carbons (Fsp3) is 0.708. The number of nitrogens with zero attached hydrogens (tertiary/aromatic N) is 2. The Labute approximate surface area is 663 Å². The van der Waals surface area contributed by atoms with Gasteiger partial charge in [-0.05, 0) is 133 Å². The Bertz CT molecular complexity index is 3380. The molecule has 0 radical (unpaired) electrons. The van der Waals surface area contributed by atoms with Crippen molar-refractivity contribution in [3.05, 3.63) is 18.2 Å². The molecule has 1 aliphatic heterocycles. The molecule has 0 saturated carbocycles. The van der Waals surface area contributed by atoms with Crippen molar-refractivity contribution in [2.45, 2.75) is 256 Å². The second-order valence-corrected chi connectivity index (χ2v) is 29.3. The van der Waals surface area contributed by atoms with Crippen molar-refractivity contribution >= 4 is 106 Å². The van der Waals surface area contributed by atoms with Crippen LogP contribution in [0.4, 0.5) is 0 Å². The van der Waals surface area contributed by atoms with Crippen LogP contribution < -0.4 is 109 Å². The van der Waals surface area contributed by atoms with Crippen molar-refractivity contribution in [2.24, 2.45) is 63.8 Å². The number of aliphatic carboxylic acids is 1. The van der Waals surface area contributed by atoms with Crippen molar-refractivity contribution < 1.29 is 91.4 Å². The predicted molar refractivity (Wildman–Crippen MR) is 414 cm³/mol. The highest BCUT2D eigenvalue weighted by molar-refractivity contribution is 6.01. The first kappa shape index (κ1) is 99.6. The van der Waals surface area contributed by atoms with Gasteiger partial charge in [0.1, 0.15) is 66.5 Å². The smallest absolute Gasteiger partial charge is 0.326 e. The monoisotopic (exact) mass is 1620 g/mol. The number of imidazole rings is 1. The number of carboxylic acids is 1. The summed E-state index contributed by atoms with van der Waals surface area (Å²) in [4.78, 5) is 250. The summed E-state index contributed by atoms with van der Waals surface area (Å²) in [5, 5.41) is 42.5. The topological polar surface area (TPSA) is 698 Å². The molecule has 0 aliphatic carbocycles. The van der Waals surface area contributed by atoms with Crippen LogP contribution in [0.15, 0.2) is 12.5 Å². The molecule has 42 heteroatoms. The minimum absolute atomic E-state index is 0.0271. The molecule has 0 unspecified atom stereocenters. The standard InChI is InChI=1S/C72H125N23O19/c1-9-40(7)59(69(110)90-49(32-54(79)98)66(107)87-45(19-12-15-27-74)62(103)86-46(20-13-16-28-75)63(104)91-50(72(113)114)30-38(3)4)94-70(111)60(41(8)10-2)93-65(106)47(22-24-52(77)96)88-68(109)58(39(5)6)92-64(105)44(18-11-14-26-73)85-57(101)36-82-55(99)34-81-56(100)35-83-67(108)51-21-17-29-95(51)71(112)48(23-25-53(78)97)89-61(102)43(76)31-42-33-80-37-84-42/h33,37-41,43-51,58-60H,9-32,34-36,73-76H2,1-8H3,(H2,77,96)(H2,78,97)(H2,79,98)(H,80,84)(H,81,100)(H,82,99)(H,83,108)(H,85,101)(H,86,103)(H,87,107)(H,88,109)(H,89,102)(H,90,110)(H,91,104)(H,92,105)(H,93,106)(H,94,111)(H,113,114)/t40-,41-,43-,44-,45-,46-,47-,48-,49+,50-,51-,58-,59-,60-/m0/s1. The molecule has 114 heavy (non-hydrogen) atoms. The molecular weight excluding hydrogens is 1490 g/mol. The maximum absolute atomic E-state index is 14.6. The number of likely N-dealkylation sites (tertiary alicyclic amines) is 1. The summed E-state index contributed by atoms with van der Waals surface area (Å²) >= 11 is 0. The first-order valence-corrected chi connectivity index (χ1v) is 38.9. The van der Waals surface area contributed by atoms with Gasteiger partial charge in [-0.15, -0.1) is 0 Å². The quantitative estimate of drug-likeness (QED) is 0.0270. The number of carbonyl (C=O) groups excluding carboxylic acids is 17. The first-order chi connectivity index (χ1) is 53.8. The highest BCUT2D eigenvalue weighted by atomic mass is 16.4. The number of aromatic amines is 1. The summed E-state index contributed by atoms with van der Waals surface area (Å²) in [5.74, 6) is -18.5. The Morgan fingerprint density at radius 3 is 1.34 bits per heavy atom. The number of carboxylic acid groups (broad SMARTS) is 1. The Kier molecular flexibility index (Phi) is 46.1. The van der Waals surface area contributed by atoms with Gasteiger partial charge in [-0.25, -0.2) is 9.78 Å². The van der Waals surface area contributed by atoms with Gasteiger partial charge in [0.2, 0.25) is 100 Å². The van der Waals surface area contributed by atoms with Gasteiger partial charge in [-0.3, -0.25) is 81.5 Å². The number of carbonyl (C=O) groups is 18. The fourth-order valence-electron chi connectivity index (χ4n) is 12.0. The first-order valence-electron chi connectivity index (χ1n) is 38.9. The van der Waals surface area contributed by atoms with Crippen LogP contribution in [0.3, 0.4) is 0 Å². The van der Waals surface area contributed by atoms with Crippen molar-refractivity contribution in [3.63, 3.8) is 0 Å². The molecule has 642 valence electrons. The third kappa shape index (κ3) is 37.0. The second-order valence-electron chi connectivity index (χ2n) is 29.3. The SMILES string of the molecule is CC[C@H](C)[C@H](NC(=O)[C@H](CCC(N)=O)NC(=O)[C@@H](NC(=O)[C@H](CCCCN)NC(=O)CNC(=O)CNC(=O)CNC(=O)[C@@H]1CCCN1C(=O)[C@H](CCC(N)=O)NC(=O)[C@@H](N)Cc1cnc[nH]1)C(C)C)C(=O)N[C@H](C(=O)N[C@H](CC(N)=O)C(=O)N[C@@H](CCCCN)C(=O)N[C@@H](CCCCN)C(=O)N[C@@H](CC(C)C)C(=O)O)[C@@H](C)CC. The zero-order chi connectivity index (χ0) is 85.9. The van der Waals surface area contributed by atoms with Crippen LogP contribution in [0.1, 0.15) is 183 Å². The van der Waals surface area contributed by atoms with Crippen LogP contribution in [0.25, 0.3) is 0 Å². The van der Waals surface area contributed by atoms with E-state index in [2.05, 4.69) is 79.1 Å². The lowest BCUT2D eigenvalue weighted by Crippen LogP contribution is -2.62. The number of amides is 17. The third-order valence-electron chi connectivity index (χ3n) is 19.0. The summed E-state index contributed by atoms with van der Waals surface area (Å²) < 4.78 is 0. The van der Waals surface area contributed by atoms with Gasteiger partial charge >= 0.3 is 5.97 Å².